The summed E-state index contributed by atoms with van der Waals surface area (Å²) in [5, 5.41) is 0. The van der Waals surface area contributed by atoms with Crippen LogP contribution in [0.4, 0.5) is 0 Å². The molecular formula is C12H17NO2. The van der Waals surface area contributed by atoms with E-state index in [1.165, 1.54) is 5.56 Å². The predicted molar refractivity (Wildman–Crippen MR) is 59.4 cm³/mol. The Morgan fingerprint density at radius 1 is 1.20 bits per heavy atom. The third-order valence-electron chi connectivity index (χ3n) is 2.65. The third-order valence-corrected chi connectivity index (χ3v) is 2.65. The van der Waals surface area contributed by atoms with Gasteiger partial charge in [-0.15, -0.1) is 0 Å². The molecule has 0 atom stereocenters. The molecule has 0 saturated carbocycles. The summed E-state index contributed by atoms with van der Waals surface area (Å²) in [5.74, 6) is 2.13. The first-order chi connectivity index (χ1) is 7.22. The summed E-state index contributed by atoms with van der Waals surface area (Å²) in [6.07, 6.45) is 0. The van der Waals surface area contributed by atoms with E-state index in [4.69, 9.17) is 15.2 Å². The van der Waals surface area contributed by atoms with Crippen LogP contribution >= 0.6 is 0 Å². The Hall–Kier alpha value is -1.22. The van der Waals surface area contributed by atoms with Crippen molar-refractivity contribution in [2.75, 3.05) is 13.2 Å². The SMILES string of the molecule is CC(C)c1cc2c(cc1CN)OCCO2. The Kier molecular flexibility index (Phi) is 2.82. The van der Waals surface area contributed by atoms with Gasteiger partial charge in [0.05, 0.1) is 0 Å². The van der Waals surface area contributed by atoms with E-state index < -0.39 is 0 Å². The van der Waals surface area contributed by atoms with Crippen molar-refractivity contribution in [3.8, 4) is 11.5 Å². The highest BCUT2D eigenvalue weighted by Gasteiger charge is 2.16. The summed E-state index contributed by atoms with van der Waals surface area (Å²) in [6, 6.07) is 4.06. The van der Waals surface area contributed by atoms with Gasteiger partial charge >= 0.3 is 0 Å². The molecule has 0 bridgehead atoms. The fraction of sp³-hybridized carbons (Fsp3) is 0.500. The molecule has 1 aromatic rings. The van der Waals surface area contributed by atoms with Crippen LogP contribution in [0.15, 0.2) is 12.1 Å². The van der Waals surface area contributed by atoms with Crippen LogP contribution in [-0.2, 0) is 6.54 Å². The number of ether oxygens (including phenoxy) is 2. The highest BCUT2D eigenvalue weighted by atomic mass is 16.6. The number of benzene rings is 1. The predicted octanol–water partition coefficient (Wildman–Crippen LogP) is 2.04. The third kappa shape index (κ3) is 1.92. The van der Waals surface area contributed by atoms with Gasteiger partial charge in [0.15, 0.2) is 11.5 Å². The van der Waals surface area contributed by atoms with Gasteiger partial charge < -0.3 is 15.2 Å². The lowest BCUT2D eigenvalue weighted by Gasteiger charge is -2.22. The fourth-order valence-corrected chi connectivity index (χ4v) is 1.86. The van der Waals surface area contributed by atoms with Crippen molar-refractivity contribution in [3.05, 3.63) is 23.3 Å². The molecule has 82 valence electrons. The lowest BCUT2D eigenvalue weighted by molar-refractivity contribution is 0.171. The molecular weight excluding hydrogens is 190 g/mol. The zero-order chi connectivity index (χ0) is 10.8. The van der Waals surface area contributed by atoms with Gasteiger partial charge in [-0.2, -0.15) is 0 Å². The van der Waals surface area contributed by atoms with Crippen LogP contribution < -0.4 is 15.2 Å². The van der Waals surface area contributed by atoms with Crippen molar-refractivity contribution in [1.82, 2.24) is 0 Å². The van der Waals surface area contributed by atoms with Gasteiger partial charge in [-0.3, -0.25) is 0 Å². The second kappa shape index (κ2) is 4.11. The van der Waals surface area contributed by atoms with Crippen molar-refractivity contribution < 1.29 is 9.47 Å². The van der Waals surface area contributed by atoms with Crippen molar-refractivity contribution in [2.24, 2.45) is 5.73 Å². The maximum absolute atomic E-state index is 5.73. The largest absolute Gasteiger partial charge is 0.486 e. The number of hydrogen-bond acceptors (Lipinski definition) is 3. The molecule has 0 spiro atoms. The Bertz CT molecular complexity index is 361. The quantitative estimate of drug-likeness (QED) is 0.807. The molecule has 2 rings (SSSR count). The second-order valence-electron chi connectivity index (χ2n) is 4.05. The second-order valence-corrected chi connectivity index (χ2v) is 4.05. The first-order valence-corrected chi connectivity index (χ1v) is 5.35. The number of fused-ring (bicyclic) bond motifs is 1. The van der Waals surface area contributed by atoms with E-state index in [-0.39, 0.29) is 0 Å². The van der Waals surface area contributed by atoms with Crippen molar-refractivity contribution >= 4 is 0 Å². The van der Waals surface area contributed by atoms with Gasteiger partial charge in [-0.1, -0.05) is 13.8 Å². The molecule has 3 nitrogen and oxygen atoms in total. The average molecular weight is 207 g/mol. The molecule has 3 heteroatoms. The molecule has 1 aliphatic heterocycles. The Labute approximate surface area is 90.2 Å². The van der Waals surface area contributed by atoms with Gasteiger partial charge in [0.25, 0.3) is 0 Å². The van der Waals surface area contributed by atoms with Gasteiger partial charge in [-0.25, -0.2) is 0 Å². The van der Waals surface area contributed by atoms with E-state index in [1.807, 2.05) is 6.07 Å². The van der Waals surface area contributed by atoms with Crippen LogP contribution in [0.5, 0.6) is 11.5 Å². The van der Waals surface area contributed by atoms with Gasteiger partial charge in [0, 0.05) is 6.54 Å². The van der Waals surface area contributed by atoms with Gasteiger partial charge in [0.2, 0.25) is 0 Å². The highest BCUT2D eigenvalue weighted by molar-refractivity contribution is 5.49. The van der Waals surface area contributed by atoms with E-state index in [0.29, 0.717) is 25.7 Å². The summed E-state index contributed by atoms with van der Waals surface area (Å²) in [4.78, 5) is 0. The summed E-state index contributed by atoms with van der Waals surface area (Å²) >= 11 is 0. The molecule has 0 unspecified atom stereocenters. The number of rotatable bonds is 2. The van der Waals surface area contributed by atoms with Crippen molar-refractivity contribution in [1.29, 1.82) is 0 Å². The molecule has 0 radical (unpaired) electrons. The first kappa shape index (κ1) is 10.3. The molecule has 0 aliphatic carbocycles. The zero-order valence-corrected chi connectivity index (χ0v) is 9.25. The Balaban J connectivity index is 2.46. The summed E-state index contributed by atoms with van der Waals surface area (Å²) in [7, 11) is 0. The number of nitrogens with two attached hydrogens (primary N) is 1. The summed E-state index contributed by atoms with van der Waals surface area (Å²) < 4.78 is 11.1. The highest BCUT2D eigenvalue weighted by Crippen LogP contribution is 2.35. The van der Waals surface area contributed by atoms with Crippen LogP contribution in [0, 0.1) is 0 Å². The van der Waals surface area contributed by atoms with Crippen LogP contribution in [0.25, 0.3) is 0 Å². The maximum Gasteiger partial charge on any atom is 0.161 e. The van der Waals surface area contributed by atoms with Crippen LogP contribution in [0.3, 0.4) is 0 Å². The minimum atomic E-state index is 0.458. The van der Waals surface area contributed by atoms with E-state index in [0.717, 1.165) is 17.1 Å². The average Bonchev–Trinajstić information content (AvgIpc) is 2.27. The molecule has 0 aromatic heterocycles. The van der Waals surface area contributed by atoms with Gasteiger partial charge in [0.1, 0.15) is 13.2 Å². The van der Waals surface area contributed by atoms with E-state index in [9.17, 15) is 0 Å². The molecule has 1 aliphatic rings. The topological polar surface area (TPSA) is 44.5 Å². The Morgan fingerprint density at radius 2 is 1.80 bits per heavy atom. The summed E-state index contributed by atoms with van der Waals surface area (Å²) in [6.45, 7) is 6.11. The fourth-order valence-electron chi connectivity index (χ4n) is 1.86. The lowest BCUT2D eigenvalue weighted by Crippen LogP contribution is -2.16. The molecule has 0 fully saturated rings. The standard InChI is InChI=1S/C12H17NO2/c1-8(2)10-6-12-11(5-9(10)7-13)14-3-4-15-12/h5-6,8H,3-4,7,13H2,1-2H3. The lowest BCUT2D eigenvalue weighted by atomic mass is 9.96. The minimum Gasteiger partial charge on any atom is -0.486 e. The monoisotopic (exact) mass is 207 g/mol. The molecule has 2 N–H and O–H groups in total. The molecule has 0 amide bonds. The maximum atomic E-state index is 5.73. The number of hydrogen-bond donors (Lipinski definition) is 1. The molecule has 15 heavy (non-hydrogen) atoms. The van der Waals surface area contributed by atoms with Crippen molar-refractivity contribution in [2.45, 2.75) is 26.3 Å². The smallest absolute Gasteiger partial charge is 0.161 e. The zero-order valence-electron chi connectivity index (χ0n) is 9.25. The van der Waals surface area contributed by atoms with E-state index in [2.05, 4.69) is 19.9 Å². The molecule has 0 saturated heterocycles. The normalized spacial score (nSPS) is 14.4. The van der Waals surface area contributed by atoms with E-state index >= 15 is 0 Å². The summed E-state index contributed by atoms with van der Waals surface area (Å²) in [5.41, 5.74) is 8.12. The van der Waals surface area contributed by atoms with Crippen molar-refractivity contribution in [3.63, 3.8) is 0 Å². The van der Waals surface area contributed by atoms with Crippen LogP contribution in [0.2, 0.25) is 0 Å². The van der Waals surface area contributed by atoms with Crippen LogP contribution in [0.1, 0.15) is 30.9 Å². The molecule has 1 aromatic carbocycles. The first-order valence-electron chi connectivity index (χ1n) is 5.35. The van der Waals surface area contributed by atoms with E-state index in [1.54, 1.807) is 0 Å². The Morgan fingerprint density at radius 3 is 2.33 bits per heavy atom. The van der Waals surface area contributed by atoms with Crippen LogP contribution in [-0.4, -0.2) is 13.2 Å². The van der Waals surface area contributed by atoms with Gasteiger partial charge in [-0.05, 0) is 29.2 Å². The minimum absolute atomic E-state index is 0.458. The molecule has 1 heterocycles.